The lowest BCUT2D eigenvalue weighted by Crippen LogP contribution is -2.27. The molecule has 0 unspecified atom stereocenters. The molecule has 1 N–H and O–H groups in total. The van der Waals surface area contributed by atoms with Crippen LogP contribution in [0.4, 0.5) is 10.1 Å². The highest BCUT2D eigenvalue weighted by molar-refractivity contribution is 8.00. The number of hydrogen-bond acceptors (Lipinski definition) is 4. The summed E-state index contributed by atoms with van der Waals surface area (Å²) in [5.41, 5.74) is -0.0707. The van der Waals surface area contributed by atoms with E-state index in [4.69, 9.17) is 5.11 Å². The highest BCUT2D eigenvalue weighted by Crippen LogP contribution is 2.29. The van der Waals surface area contributed by atoms with E-state index < -0.39 is 27.1 Å². The van der Waals surface area contributed by atoms with Crippen LogP contribution in [-0.4, -0.2) is 20.7 Å². The molecule has 0 aliphatic heterocycles. The van der Waals surface area contributed by atoms with Gasteiger partial charge >= 0.3 is 11.7 Å². The predicted molar refractivity (Wildman–Crippen MR) is 66.1 cm³/mol. The third-order valence-corrected chi connectivity index (χ3v) is 3.70. The summed E-state index contributed by atoms with van der Waals surface area (Å²) < 4.78 is 12.3. The average molecular weight is 273 g/mol. The fourth-order valence-electron chi connectivity index (χ4n) is 1.11. The van der Waals surface area contributed by atoms with E-state index in [1.54, 1.807) is 13.8 Å². The molecule has 0 amide bonds. The van der Waals surface area contributed by atoms with E-state index in [2.05, 4.69) is 0 Å². The summed E-state index contributed by atoms with van der Waals surface area (Å²) in [6.45, 7) is 3.09. The van der Waals surface area contributed by atoms with Crippen molar-refractivity contribution >= 4 is 23.4 Å². The van der Waals surface area contributed by atoms with Crippen molar-refractivity contribution in [2.45, 2.75) is 24.3 Å². The lowest BCUT2D eigenvalue weighted by Gasteiger charge is -2.18. The minimum Gasteiger partial charge on any atom is -0.480 e. The topological polar surface area (TPSA) is 80.4 Å². The number of thioether (sulfide) groups is 1. The molecule has 7 heteroatoms. The van der Waals surface area contributed by atoms with E-state index in [9.17, 15) is 19.3 Å². The standard InChI is InChI=1S/C11H12FNO4S/c1-11(2,10(14)15)18-6-7-3-4-9(13(16)17)8(12)5-7/h3-5H,6H2,1-2H3,(H,14,15). The van der Waals surface area contributed by atoms with Crippen molar-refractivity contribution in [3.8, 4) is 0 Å². The maximum Gasteiger partial charge on any atom is 0.319 e. The average Bonchev–Trinajstić information content (AvgIpc) is 2.25. The van der Waals surface area contributed by atoms with E-state index >= 15 is 0 Å². The Balaban J connectivity index is 2.79. The Bertz CT molecular complexity index is 490. The van der Waals surface area contributed by atoms with Crippen molar-refractivity contribution in [3.05, 3.63) is 39.7 Å². The molecule has 0 saturated heterocycles. The minimum absolute atomic E-state index is 0.272. The molecule has 0 saturated carbocycles. The monoisotopic (exact) mass is 273 g/mol. The normalized spacial score (nSPS) is 11.3. The molecule has 0 aliphatic rings. The zero-order valence-electron chi connectivity index (χ0n) is 9.84. The molecular formula is C11H12FNO4S. The van der Waals surface area contributed by atoms with Crippen LogP contribution in [0.25, 0.3) is 0 Å². The molecule has 1 rings (SSSR count). The summed E-state index contributed by atoms with van der Waals surface area (Å²) in [4.78, 5) is 20.5. The zero-order chi connectivity index (χ0) is 13.9. The number of nitrogens with zero attached hydrogens (tertiary/aromatic N) is 1. The molecule has 18 heavy (non-hydrogen) atoms. The van der Waals surface area contributed by atoms with E-state index in [1.807, 2.05) is 0 Å². The first kappa shape index (κ1) is 14.4. The van der Waals surface area contributed by atoms with Crippen LogP contribution in [0.3, 0.4) is 0 Å². The Hall–Kier alpha value is -1.63. The largest absolute Gasteiger partial charge is 0.480 e. The smallest absolute Gasteiger partial charge is 0.319 e. The summed E-state index contributed by atoms with van der Waals surface area (Å²) in [5, 5.41) is 19.3. The van der Waals surface area contributed by atoms with Gasteiger partial charge in [-0.1, -0.05) is 6.07 Å². The van der Waals surface area contributed by atoms with Crippen LogP contribution in [0.15, 0.2) is 18.2 Å². The molecule has 0 spiro atoms. The Kier molecular flexibility index (Phi) is 4.28. The fourth-order valence-corrected chi connectivity index (χ4v) is 1.94. The van der Waals surface area contributed by atoms with E-state index in [1.165, 1.54) is 6.07 Å². The van der Waals surface area contributed by atoms with Gasteiger partial charge in [-0.15, -0.1) is 11.8 Å². The number of rotatable bonds is 5. The Labute approximate surface area is 107 Å². The van der Waals surface area contributed by atoms with Crippen LogP contribution >= 0.6 is 11.8 Å². The first-order chi connectivity index (χ1) is 8.24. The van der Waals surface area contributed by atoms with Gasteiger partial charge < -0.3 is 5.11 Å². The Morgan fingerprint density at radius 1 is 1.56 bits per heavy atom. The highest BCUT2D eigenvalue weighted by Gasteiger charge is 2.27. The van der Waals surface area contributed by atoms with Gasteiger partial charge in [0.15, 0.2) is 0 Å². The van der Waals surface area contributed by atoms with Crippen LogP contribution in [0.2, 0.25) is 0 Å². The van der Waals surface area contributed by atoms with Gasteiger partial charge in [0.2, 0.25) is 5.82 Å². The van der Waals surface area contributed by atoms with E-state index in [0.717, 1.165) is 23.9 Å². The number of nitro groups is 1. The number of aliphatic carboxylic acids is 1. The van der Waals surface area contributed by atoms with Crippen molar-refractivity contribution in [2.24, 2.45) is 0 Å². The molecule has 0 atom stereocenters. The van der Waals surface area contributed by atoms with Gasteiger partial charge in [0.1, 0.15) is 4.75 Å². The first-order valence-electron chi connectivity index (χ1n) is 5.04. The maximum atomic E-state index is 13.3. The van der Waals surface area contributed by atoms with Gasteiger partial charge in [-0.25, -0.2) is 0 Å². The maximum absolute atomic E-state index is 13.3. The van der Waals surface area contributed by atoms with Crippen LogP contribution in [-0.2, 0) is 10.5 Å². The molecule has 1 aromatic rings. The molecule has 5 nitrogen and oxygen atoms in total. The van der Waals surface area contributed by atoms with Crippen molar-refractivity contribution in [1.29, 1.82) is 0 Å². The van der Waals surface area contributed by atoms with Gasteiger partial charge in [0.25, 0.3) is 0 Å². The van der Waals surface area contributed by atoms with E-state index in [0.29, 0.717) is 5.56 Å². The van der Waals surface area contributed by atoms with E-state index in [-0.39, 0.29) is 5.75 Å². The molecule has 0 bridgehead atoms. The molecule has 1 aromatic carbocycles. The van der Waals surface area contributed by atoms with Crippen molar-refractivity contribution in [3.63, 3.8) is 0 Å². The summed E-state index contributed by atoms with van der Waals surface area (Å²) in [6.07, 6.45) is 0. The van der Waals surface area contributed by atoms with Gasteiger partial charge in [0, 0.05) is 11.8 Å². The lowest BCUT2D eigenvalue weighted by atomic mass is 10.2. The van der Waals surface area contributed by atoms with Gasteiger partial charge in [-0.05, 0) is 25.5 Å². The minimum atomic E-state index is -0.988. The number of hydrogen-bond donors (Lipinski definition) is 1. The van der Waals surface area contributed by atoms with Gasteiger partial charge in [-0.3, -0.25) is 14.9 Å². The summed E-state index contributed by atoms with van der Waals surface area (Å²) in [5.74, 6) is -1.60. The summed E-state index contributed by atoms with van der Waals surface area (Å²) in [6, 6.07) is 3.56. The molecule has 98 valence electrons. The second-order valence-electron chi connectivity index (χ2n) is 4.15. The number of halogens is 1. The Morgan fingerprint density at radius 3 is 2.61 bits per heavy atom. The summed E-state index contributed by atoms with van der Waals surface area (Å²) in [7, 11) is 0. The van der Waals surface area contributed by atoms with Gasteiger partial charge in [0.05, 0.1) is 4.92 Å². The van der Waals surface area contributed by atoms with Crippen molar-refractivity contribution in [1.82, 2.24) is 0 Å². The van der Waals surface area contributed by atoms with Crippen molar-refractivity contribution < 1.29 is 19.2 Å². The quantitative estimate of drug-likeness (QED) is 0.659. The number of benzene rings is 1. The highest BCUT2D eigenvalue weighted by atomic mass is 32.2. The molecule has 0 heterocycles. The SMILES string of the molecule is CC(C)(SCc1ccc([N+](=O)[O-])c(F)c1)C(=O)O. The molecule has 0 aromatic heterocycles. The Morgan fingerprint density at radius 2 is 2.17 bits per heavy atom. The van der Waals surface area contributed by atoms with Gasteiger partial charge in [-0.2, -0.15) is 4.39 Å². The van der Waals surface area contributed by atoms with Crippen LogP contribution < -0.4 is 0 Å². The second kappa shape index (κ2) is 5.34. The third-order valence-electron chi connectivity index (χ3n) is 2.32. The molecular weight excluding hydrogens is 261 g/mol. The van der Waals surface area contributed by atoms with Crippen LogP contribution in [0.5, 0.6) is 0 Å². The first-order valence-corrected chi connectivity index (χ1v) is 6.03. The third kappa shape index (κ3) is 3.43. The number of carbonyl (C=O) groups is 1. The van der Waals surface area contributed by atoms with Crippen LogP contribution in [0.1, 0.15) is 19.4 Å². The summed E-state index contributed by atoms with van der Waals surface area (Å²) >= 11 is 1.13. The zero-order valence-corrected chi connectivity index (χ0v) is 10.7. The number of carboxylic acids is 1. The predicted octanol–water partition coefficient (Wildman–Crippen LogP) is 2.83. The molecule has 0 aliphatic carbocycles. The molecule has 0 radical (unpaired) electrons. The molecule has 0 fully saturated rings. The van der Waals surface area contributed by atoms with Crippen LogP contribution in [0, 0.1) is 15.9 Å². The lowest BCUT2D eigenvalue weighted by molar-refractivity contribution is -0.387. The second-order valence-corrected chi connectivity index (χ2v) is 5.74. The number of nitro benzene ring substituents is 1. The fraction of sp³-hybridized carbons (Fsp3) is 0.364. The number of carboxylic acid groups (broad SMARTS) is 1. The van der Waals surface area contributed by atoms with Crippen molar-refractivity contribution in [2.75, 3.05) is 0 Å².